The molecule has 10 heteroatoms. The van der Waals surface area contributed by atoms with Crippen LogP contribution in [0.4, 0.5) is 11.4 Å². The minimum absolute atomic E-state index is 0.00149. The van der Waals surface area contributed by atoms with Gasteiger partial charge in [-0.2, -0.15) is 0 Å². The molecular weight excluding hydrogens is 498 g/mol. The molecule has 0 aliphatic carbocycles. The van der Waals surface area contributed by atoms with Crippen LogP contribution in [0, 0.1) is 6.92 Å². The van der Waals surface area contributed by atoms with Crippen LogP contribution in [-0.4, -0.2) is 52.3 Å². The number of hydrogen-bond acceptors (Lipinski definition) is 5. The van der Waals surface area contributed by atoms with Gasteiger partial charge in [-0.3, -0.25) is 13.9 Å². The van der Waals surface area contributed by atoms with Crippen molar-refractivity contribution in [2.24, 2.45) is 0 Å². The molecule has 3 rings (SSSR count). The summed E-state index contributed by atoms with van der Waals surface area (Å²) in [5.41, 5.74) is 1.82. The highest BCUT2D eigenvalue weighted by Crippen LogP contribution is 2.25. The zero-order chi connectivity index (χ0) is 23.3. The number of carbonyl (C=O) groups is 2. The van der Waals surface area contributed by atoms with Gasteiger partial charge >= 0.3 is 0 Å². The normalized spacial score (nSPS) is 15.9. The van der Waals surface area contributed by atoms with Crippen LogP contribution in [0.25, 0.3) is 0 Å². The molecule has 2 aromatic rings. The van der Waals surface area contributed by atoms with Crippen molar-refractivity contribution in [2.75, 3.05) is 35.6 Å². The summed E-state index contributed by atoms with van der Waals surface area (Å²) in [5.74, 6) is -0.893. The van der Waals surface area contributed by atoms with Gasteiger partial charge in [-0.15, -0.1) is 0 Å². The molecule has 0 spiro atoms. The lowest BCUT2D eigenvalue weighted by atomic mass is 10.1. The van der Waals surface area contributed by atoms with Crippen molar-refractivity contribution < 1.29 is 22.7 Å². The molecule has 1 saturated heterocycles. The number of rotatable bonds is 8. The van der Waals surface area contributed by atoms with Gasteiger partial charge in [0.15, 0.2) is 0 Å². The molecule has 2 N–H and O–H groups in total. The Bertz CT molecular complexity index is 1100. The van der Waals surface area contributed by atoms with Crippen LogP contribution in [-0.2, 0) is 19.6 Å². The van der Waals surface area contributed by atoms with Crippen molar-refractivity contribution in [3.05, 3.63) is 58.1 Å². The third-order valence-corrected chi connectivity index (χ3v) is 7.11. The van der Waals surface area contributed by atoms with E-state index in [-0.39, 0.29) is 12.0 Å². The minimum atomic E-state index is -3.72. The number of nitrogens with zero attached hydrogens (tertiary/aromatic N) is 1. The van der Waals surface area contributed by atoms with Gasteiger partial charge in [-0.1, -0.05) is 28.1 Å². The average Bonchev–Trinajstić information content (AvgIpc) is 3.26. The summed E-state index contributed by atoms with van der Waals surface area (Å²) in [5, 5.41) is 5.50. The maximum atomic E-state index is 12.8. The van der Waals surface area contributed by atoms with E-state index >= 15 is 0 Å². The highest BCUT2D eigenvalue weighted by molar-refractivity contribution is 9.10. The van der Waals surface area contributed by atoms with E-state index in [0.29, 0.717) is 30.1 Å². The summed E-state index contributed by atoms with van der Waals surface area (Å²) in [6, 6.07) is 11.6. The Morgan fingerprint density at radius 1 is 1.22 bits per heavy atom. The van der Waals surface area contributed by atoms with E-state index in [2.05, 4.69) is 26.6 Å². The van der Waals surface area contributed by atoms with Crippen molar-refractivity contribution in [1.82, 2.24) is 5.32 Å². The van der Waals surface area contributed by atoms with Gasteiger partial charge in [-0.25, -0.2) is 8.42 Å². The van der Waals surface area contributed by atoms with E-state index in [1.807, 2.05) is 6.92 Å². The number of anilines is 2. The minimum Gasteiger partial charge on any atom is -0.376 e. The molecule has 0 aromatic heterocycles. The lowest BCUT2D eigenvalue weighted by Crippen LogP contribution is -2.38. The van der Waals surface area contributed by atoms with Crippen molar-refractivity contribution in [3.8, 4) is 0 Å². The molecule has 1 heterocycles. The number of carbonyl (C=O) groups excluding carboxylic acids is 2. The van der Waals surface area contributed by atoms with Crippen LogP contribution < -0.4 is 14.9 Å². The van der Waals surface area contributed by atoms with Crippen LogP contribution in [0.3, 0.4) is 0 Å². The molecule has 8 nitrogen and oxygen atoms in total. The van der Waals surface area contributed by atoms with Gasteiger partial charge in [0.05, 0.1) is 29.3 Å². The molecule has 2 aromatic carbocycles. The second-order valence-electron chi connectivity index (χ2n) is 7.64. The van der Waals surface area contributed by atoms with Gasteiger partial charge in [0.25, 0.3) is 5.91 Å². The maximum Gasteiger partial charge on any atom is 0.253 e. The van der Waals surface area contributed by atoms with Gasteiger partial charge in [0.1, 0.15) is 6.54 Å². The summed E-state index contributed by atoms with van der Waals surface area (Å²) >= 11 is 3.39. The van der Waals surface area contributed by atoms with Crippen molar-refractivity contribution in [2.45, 2.75) is 25.9 Å². The monoisotopic (exact) mass is 523 g/mol. The number of sulfonamides is 1. The smallest absolute Gasteiger partial charge is 0.253 e. The Morgan fingerprint density at radius 2 is 1.97 bits per heavy atom. The summed E-state index contributed by atoms with van der Waals surface area (Å²) in [6.07, 6.45) is 2.92. The molecule has 0 saturated carbocycles. The van der Waals surface area contributed by atoms with Crippen LogP contribution in [0.1, 0.15) is 28.8 Å². The zero-order valence-electron chi connectivity index (χ0n) is 17.9. The number of amides is 2. The quantitative estimate of drug-likeness (QED) is 0.553. The average molecular weight is 524 g/mol. The van der Waals surface area contributed by atoms with E-state index in [1.54, 1.807) is 42.5 Å². The Labute approximate surface area is 196 Å². The number of para-hydroxylation sites is 1. The van der Waals surface area contributed by atoms with E-state index in [4.69, 9.17) is 4.74 Å². The van der Waals surface area contributed by atoms with Crippen LogP contribution in [0.15, 0.2) is 46.9 Å². The fourth-order valence-electron chi connectivity index (χ4n) is 3.40. The fraction of sp³-hybridized carbons (Fsp3) is 0.364. The topological polar surface area (TPSA) is 105 Å². The molecule has 1 aliphatic rings. The Hall–Kier alpha value is -2.43. The highest BCUT2D eigenvalue weighted by Gasteiger charge is 2.23. The largest absolute Gasteiger partial charge is 0.376 e. The molecule has 0 radical (unpaired) electrons. The van der Waals surface area contributed by atoms with E-state index in [0.717, 1.165) is 33.4 Å². The molecule has 32 heavy (non-hydrogen) atoms. The molecule has 1 unspecified atom stereocenters. The van der Waals surface area contributed by atoms with E-state index in [9.17, 15) is 18.0 Å². The standard InChI is InChI=1S/C22H26BrN3O5S/c1-15-12-16(9-10-19(15)23)26(32(2,29)30)14-21(27)25-20-8-4-3-7-18(20)22(28)24-13-17-6-5-11-31-17/h3-4,7-10,12,17H,5-6,11,13-14H2,1-2H3,(H,24,28)(H,25,27). The lowest BCUT2D eigenvalue weighted by molar-refractivity contribution is -0.114. The van der Waals surface area contributed by atoms with E-state index < -0.39 is 22.5 Å². The summed E-state index contributed by atoms with van der Waals surface area (Å²) in [7, 11) is -3.72. The fourth-order valence-corrected chi connectivity index (χ4v) is 4.50. The predicted octanol–water partition coefficient (Wildman–Crippen LogP) is 3.07. The Morgan fingerprint density at radius 3 is 2.62 bits per heavy atom. The van der Waals surface area contributed by atoms with Gasteiger partial charge in [-0.05, 0) is 55.7 Å². The molecule has 1 aliphatic heterocycles. The molecule has 0 bridgehead atoms. The molecule has 1 fully saturated rings. The molecule has 1 atom stereocenters. The molecular formula is C22H26BrN3O5S. The Balaban J connectivity index is 1.72. The second kappa shape index (κ2) is 10.5. The predicted molar refractivity (Wildman–Crippen MR) is 127 cm³/mol. The van der Waals surface area contributed by atoms with Crippen LogP contribution in [0.2, 0.25) is 0 Å². The lowest BCUT2D eigenvalue weighted by Gasteiger charge is -2.23. The Kier molecular flexibility index (Phi) is 7.91. The first-order valence-electron chi connectivity index (χ1n) is 10.2. The number of halogens is 1. The van der Waals surface area contributed by atoms with Gasteiger partial charge < -0.3 is 15.4 Å². The van der Waals surface area contributed by atoms with Crippen molar-refractivity contribution in [3.63, 3.8) is 0 Å². The molecule has 172 valence electrons. The number of nitrogens with one attached hydrogen (secondary N) is 2. The van der Waals surface area contributed by atoms with Crippen LogP contribution in [0.5, 0.6) is 0 Å². The van der Waals surface area contributed by atoms with Crippen molar-refractivity contribution in [1.29, 1.82) is 0 Å². The second-order valence-corrected chi connectivity index (χ2v) is 10.4. The third kappa shape index (κ3) is 6.30. The number of ether oxygens (including phenoxy) is 1. The number of aryl methyl sites for hydroxylation is 1. The highest BCUT2D eigenvalue weighted by atomic mass is 79.9. The third-order valence-electron chi connectivity index (χ3n) is 5.08. The SMILES string of the molecule is Cc1cc(N(CC(=O)Nc2ccccc2C(=O)NCC2CCCO2)S(C)(=O)=O)ccc1Br. The first-order chi connectivity index (χ1) is 15.1. The zero-order valence-corrected chi connectivity index (χ0v) is 20.3. The van der Waals surface area contributed by atoms with Gasteiger partial charge in [0, 0.05) is 17.6 Å². The number of benzene rings is 2. The maximum absolute atomic E-state index is 12.8. The molecule has 2 amide bonds. The van der Waals surface area contributed by atoms with Crippen molar-refractivity contribution >= 4 is 49.1 Å². The summed E-state index contributed by atoms with van der Waals surface area (Å²) < 4.78 is 32.1. The summed E-state index contributed by atoms with van der Waals surface area (Å²) in [6.45, 7) is 2.50. The van der Waals surface area contributed by atoms with Crippen LogP contribution >= 0.6 is 15.9 Å². The van der Waals surface area contributed by atoms with Gasteiger partial charge in [0.2, 0.25) is 15.9 Å². The first kappa shape index (κ1) is 24.2. The van der Waals surface area contributed by atoms with E-state index in [1.165, 1.54) is 0 Å². The number of hydrogen-bond donors (Lipinski definition) is 2. The first-order valence-corrected chi connectivity index (χ1v) is 12.8. The summed E-state index contributed by atoms with van der Waals surface area (Å²) in [4.78, 5) is 25.4.